The van der Waals surface area contributed by atoms with Crippen LogP contribution in [-0.4, -0.2) is 42.8 Å². The lowest BCUT2D eigenvalue weighted by Crippen LogP contribution is -2.26. The molecule has 9 heteroatoms. The first-order chi connectivity index (χ1) is 15.2. The van der Waals surface area contributed by atoms with E-state index in [1.54, 1.807) is 10.7 Å². The van der Waals surface area contributed by atoms with Gasteiger partial charge in [-0.3, -0.25) is 9.48 Å². The minimum atomic E-state index is -1.57. The molecule has 0 saturated carbocycles. The summed E-state index contributed by atoms with van der Waals surface area (Å²) >= 11 is 0. The topological polar surface area (TPSA) is 73.1 Å². The van der Waals surface area contributed by atoms with E-state index in [4.69, 9.17) is 4.74 Å². The second-order valence-electron chi connectivity index (χ2n) is 8.46. The number of aromatic nitrogens is 4. The van der Waals surface area contributed by atoms with Crippen molar-refractivity contribution in [1.29, 1.82) is 0 Å². The van der Waals surface area contributed by atoms with Crippen LogP contribution in [0.1, 0.15) is 48.1 Å². The maximum Gasteiger partial charge on any atom is 0.261 e. The molecule has 0 saturated heterocycles. The highest BCUT2D eigenvalue weighted by Crippen LogP contribution is 2.31. The van der Waals surface area contributed by atoms with Crippen LogP contribution >= 0.6 is 0 Å². The Hall–Kier alpha value is -3.36. The van der Waals surface area contributed by atoms with Gasteiger partial charge in [-0.05, 0) is 39.3 Å². The number of rotatable bonds is 7. The van der Waals surface area contributed by atoms with Crippen LogP contribution < -0.4 is 4.74 Å². The Morgan fingerprint density at radius 2 is 2.03 bits per heavy atom. The Morgan fingerprint density at radius 3 is 2.69 bits per heavy atom. The summed E-state index contributed by atoms with van der Waals surface area (Å²) in [6, 6.07) is 4.97. The van der Waals surface area contributed by atoms with Crippen molar-refractivity contribution < 1.29 is 18.3 Å². The third kappa shape index (κ3) is 4.32. The predicted molar refractivity (Wildman–Crippen MR) is 114 cm³/mol. The van der Waals surface area contributed by atoms with Crippen LogP contribution in [-0.2, 0) is 19.6 Å². The lowest BCUT2D eigenvalue weighted by molar-refractivity contribution is 0.0753. The average Bonchev–Trinajstić information content (AvgIpc) is 3.27. The van der Waals surface area contributed by atoms with Gasteiger partial charge >= 0.3 is 0 Å². The van der Waals surface area contributed by atoms with Crippen LogP contribution in [0.25, 0.3) is 11.1 Å². The number of benzene rings is 1. The first-order valence-corrected chi connectivity index (χ1v) is 10.4. The lowest BCUT2D eigenvalue weighted by Gasteiger charge is -2.17. The van der Waals surface area contributed by atoms with E-state index in [0.717, 1.165) is 23.4 Å². The van der Waals surface area contributed by atoms with E-state index in [1.165, 1.54) is 31.1 Å². The Bertz CT molecular complexity index is 1170. The molecule has 1 amide bonds. The predicted octanol–water partition coefficient (Wildman–Crippen LogP) is 4.09. The van der Waals surface area contributed by atoms with Crippen molar-refractivity contribution >= 4 is 5.91 Å². The monoisotopic (exact) mass is 441 g/mol. The number of aryl methyl sites for hydroxylation is 2. The van der Waals surface area contributed by atoms with E-state index in [2.05, 4.69) is 15.1 Å². The van der Waals surface area contributed by atoms with E-state index >= 15 is 0 Å². The highest BCUT2D eigenvalue weighted by Gasteiger charge is 2.34. The molecule has 0 aliphatic carbocycles. The number of alkyl halides is 1. The Labute approximate surface area is 185 Å². The molecule has 1 aromatic carbocycles. The Kier molecular flexibility index (Phi) is 5.66. The maximum atomic E-state index is 14.9. The molecule has 0 radical (unpaired) electrons. The highest BCUT2D eigenvalue weighted by molar-refractivity contribution is 5.99. The van der Waals surface area contributed by atoms with Gasteiger partial charge in [0.25, 0.3) is 5.91 Å². The fourth-order valence-corrected chi connectivity index (χ4v) is 3.64. The summed E-state index contributed by atoms with van der Waals surface area (Å²) in [7, 11) is 0. The van der Waals surface area contributed by atoms with E-state index in [0.29, 0.717) is 11.3 Å². The largest absolute Gasteiger partial charge is 0.474 e. The summed E-state index contributed by atoms with van der Waals surface area (Å²) in [5.41, 5.74) is 1.93. The number of hydrogen-bond acceptors (Lipinski definition) is 5. The molecule has 0 unspecified atom stereocenters. The average molecular weight is 441 g/mol. The fraction of sp³-hybridized carbons (Fsp3) is 0.391. The second kappa shape index (κ2) is 8.29. The summed E-state index contributed by atoms with van der Waals surface area (Å²) in [6.07, 6.45) is 3.17. The van der Waals surface area contributed by atoms with Gasteiger partial charge < -0.3 is 9.64 Å². The second-order valence-corrected chi connectivity index (χ2v) is 8.46. The van der Waals surface area contributed by atoms with Crippen molar-refractivity contribution in [2.24, 2.45) is 0 Å². The summed E-state index contributed by atoms with van der Waals surface area (Å²) in [4.78, 5) is 22.6. The van der Waals surface area contributed by atoms with Crippen molar-refractivity contribution in [2.75, 3.05) is 6.61 Å². The van der Waals surface area contributed by atoms with Gasteiger partial charge in [0.15, 0.2) is 0 Å². The minimum Gasteiger partial charge on any atom is -0.474 e. The van der Waals surface area contributed by atoms with Gasteiger partial charge in [0.2, 0.25) is 5.88 Å². The maximum absolute atomic E-state index is 14.9. The van der Waals surface area contributed by atoms with Crippen molar-refractivity contribution in [3.8, 4) is 17.0 Å². The van der Waals surface area contributed by atoms with E-state index in [-0.39, 0.29) is 37.0 Å². The summed E-state index contributed by atoms with van der Waals surface area (Å²) < 4.78 is 36.0. The van der Waals surface area contributed by atoms with Crippen LogP contribution in [0.5, 0.6) is 5.88 Å². The SMILES string of the molecule is CCn1cc(-c2ccc(CN3Cc4ncnc(OCC(C)(C)F)c4C3=O)c(F)c2)c(C)n1. The van der Waals surface area contributed by atoms with E-state index < -0.39 is 11.5 Å². The van der Waals surface area contributed by atoms with Gasteiger partial charge in [0.05, 0.1) is 17.9 Å². The quantitative estimate of drug-likeness (QED) is 0.552. The van der Waals surface area contributed by atoms with Gasteiger partial charge in [-0.15, -0.1) is 0 Å². The molecule has 2 aromatic heterocycles. The zero-order chi connectivity index (χ0) is 23.0. The first-order valence-electron chi connectivity index (χ1n) is 10.4. The minimum absolute atomic E-state index is 0.0486. The number of ether oxygens (including phenoxy) is 1. The summed E-state index contributed by atoms with van der Waals surface area (Å²) in [5, 5.41) is 4.41. The molecule has 0 bridgehead atoms. The van der Waals surface area contributed by atoms with Crippen LogP contribution in [0.4, 0.5) is 8.78 Å². The number of nitrogens with zero attached hydrogens (tertiary/aromatic N) is 5. The van der Waals surface area contributed by atoms with Gasteiger partial charge in [0, 0.05) is 30.4 Å². The molecule has 0 spiro atoms. The van der Waals surface area contributed by atoms with E-state index in [9.17, 15) is 13.6 Å². The van der Waals surface area contributed by atoms with E-state index in [1.807, 2.05) is 26.1 Å². The number of halogens is 2. The molecule has 168 valence electrons. The van der Waals surface area contributed by atoms with Crippen LogP contribution in [0.2, 0.25) is 0 Å². The molecule has 3 aromatic rings. The third-order valence-electron chi connectivity index (χ3n) is 5.28. The molecule has 3 heterocycles. The van der Waals surface area contributed by atoms with Crippen LogP contribution in [0, 0.1) is 12.7 Å². The number of carbonyl (C=O) groups is 1. The molecule has 0 N–H and O–H groups in total. The smallest absolute Gasteiger partial charge is 0.261 e. The number of amides is 1. The Balaban J connectivity index is 1.53. The number of hydrogen-bond donors (Lipinski definition) is 0. The van der Waals surface area contributed by atoms with Crippen LogP contribution in [0.15, 0.2) is 30.7 Å². The summed E-state index contributed by atoms with van der Waals surface area (Å²) in [5.74, 6) is -0.722. The fourth-order valence-electron chi connectivity index (χ4n) is 3.64. The van der Waals surface area contributed by atoms with Crippen molar-refractivity contribution in [1.82, 2.24) is 24.6 Å². The van der Waals surface area contributed by atoms with Gasteiger partial charge in [-0.2, -0.15) is 5.10 Å². The molecular weight excluding hydrogens is 416 g/mol. The van der Waals surface area contributed by atoms with Crippen molar-refractivity contribution in [3.05, 3.63) is 59.1 Å². The zero-order valence-corrected chi connectivity index (χ0v) is 18.5. The van der Waals surface area contributed by atoms with Crippen LogP contribution in [0.3, 0.4) is 0 Å². The molecule has 0 atom stereocenters. The highest BCUT2D eigenvalue weighted by atomic mass is 19.1. The standard InChI is InChI=1S/C23H25F2N5O2/c1-5-30-10-17(14(2)28-30)15-6-7-16(18(24)8-15)9-29-11-19-20(22(29)31)21(27-13-26-19)32-12-23(3,4)25/h6-8,10,13H,5,9,11-12H2,1-4H3. The lowest BCUT2D eigenvalue weighted by atomic mass is 10.0. The molecule has 1 aliphatic heterocycles. The van der Waals surface area contributed by atoms with Gasteiger partial charge in [0.1, 0.15) is 30.0 Å². The Morgan fingerprint density at radius 1 is 1.25 bits per heavy atom. The third-order valence-corrected chi connectivity index (χ3v) is 5.28. The molecular formula is C23H25F2N5O2. The molecule has 0 fully saturated rings. The number of carbonyl (C=O) groups excluding carboxylic acids is 1. The normalized spacial score (nSPS) is 13.6. The summed E-state index contributed by atoms with van der Waals surface area (Å²) in [6.45, 7) is 7.40. The molecule has 4 rings (SSSR count). The van der Waals surface area contributed by atoms with Gasteiger partial charge in [-0.1, -0.05) is 12.1 Å². The van der Waals surface area contributed by atoms with Crippen molar-refractivity contribution in [2.45, 2.75) is 53.0 Å². The molecule has 1 aliphatic rings. The number of fused-ring (bicyclic) bond motifs is 1. The molecule has 7 nitrogen and oxygen atoms in total. The molecule has 32 heavy (non-hydrogen) atoms. The zero-order valence-electron chi connectivity index (χ0n) is 18.5. The van der Waals surface area contributed by atoms with Gasteiger partial charge in [-0.25, -0.2) is 18.7 Å². The van der Waals surface area contributed by atoms with Crippen molar-refractivity contribution in [3.63, 3.8) is 0 Å². The first kappa shape index (κ1) is 21.9.